The van der Waals surface area contributed by atoms with Crippen LogP contribution < -0.4 is 0 Å². The van der Waals surface area contributed by atoms with Gasteiger partial charge in [0.2, 0.25) is 0 Å². The number of rotatable bonds is 6. The second-order valence-corrected chi connectivity index (χ2v) is 3.61. The van der Waals surface area contributed by atoms with Gasteiger partial charge >= 0.3 is 5.97 Å². The number of esters is 1. The Balaban J connectivity index is 2.78. The molecule has 98 valence electrons. The summed E-state index contributed by atoms with van der Waals surface area (Å²) >= 11 is 0. The van der Waals surface area contributed by atoms with Gasteiger partial charge in [-0.25, -0.2) is 4.79 Å². The Labute approximate surface area is 103 Å². The molecule has 6 heteroatoms. The van der Waals surface area contributed by atoms with Crippen molar-refractivity contribution in [3.8, 4) is 0 Å². The number of carbonyl (C=O) groups excluding carboxylic acids is 2. The Kier molecular flexibility index (Phi) is 5.44. The first-order valence-corrected chi connectivity index (χ1v) is 5.28. The van der Waals surface area contributed by atoms with Crippen molar-refractivity contribution in [2.75, 3.05) is 6.61 Å². The highest BCUT2D eigenvalue weighted by Crippen LogP contribution is 2.09. The summed E-state index contributed by atoms with van der Waals surface area (Å²) in [4.78, 5) is 22.1. The molecule has 0 radical (unpaired) electrons. The fraction of sp³-hybridized carbons (Fsp3) is 0.333. The molecular weight excluding hydrogens is 240 g/mol. The molecule has 0 saturated heterocycles. The van der Waals surface area contributed by atoms with Gasteiger partial charge in [-0.3, -0.25) is 0 Å². The SMILES string of the molecule is O=CC(O)C(OC(=O)c1ccccc1)C(O)CO. The van der Waals surface area contributed by atoms with Gasteiger partial charge in [0.05, 0.1) is 12.2 Å². The van der Waals surface area contributed by atoms with Crippen molar-refractivity contribution in [2.45, 2.75) is 18.3 Å². The highest BCUT2D eigenvalue weighted by molar-refractivity contribution is 5.89. The number of benzene rings is 1. The first kappa shape index (κ1) is 14.3. The number of ether oxygens (including phenoxy) is 1. The van der Waals surface area contributed by atoms with E-state index in [-0.39, 0.29) is 11.8 Å². The maximum Gasteiger partial charge on any atom is 0.338 e. The van der Waals surface area contributed by atoms with E-state index < -0.39 is 30.9 Å². The highest BCUT2D eigenvalue weighted by atomic mass is 16.6. The molecule has 0 amide bonds. The average molecular weight is 254 g/mol. The predicted octanol–water partition coefficient (Wildman–Crippen LogP) is -0.875. The first-order valence-electron chi connectivity index (χ1n) is 5.28. The van der Waals surface area contributed by atoms with E-state index in [9.17, 15) is 19.8 Å². The molecule has 0 fully saturated rings. The maximum absolute atomic E-state index is 11.7. The number of aliphatic hydroxyl groups is 3. The van der Waals surface area contributed by atoms with Crippen molar-refractivity contribution in [2.24, 2.45) is 0 Å². The van der Waals surface area contributed by atoms with Crippen molar-refractivity contribution < 1.29 is 29.6 Å². The van der Waals surface area contributed by atoms with E-state index >= 15 is 0 Å². The summed E-state index contributed by atoms with van der Waals surface area (Å²) in [6, 6.07) is 7.90. The van der Waals surface area contributed by atoms with Gasteiger partial charge in [-0.05, 0) is 12.1 Å². The zero-order valence-electron chi connectivity index (χ0n) is 9.47. The molecule has 0 bridgehead atoms. The Bertz CT molecular complexity index is 391. The second kappa shape index (κ2) is 6.85. The van der Waals surface area contributed by atoms with Crippen LogP contribution in [0.25, 0.3) is 0 Å². The van der Waals surface area contributed by atoms with Crippen LogP contribution in [-0.4, -0.2) is 52.5 Å². The van der Waals surface area contributed by atoms with Crippen LogP contribution in [0, 0.1) is 0 Å². The topological polar surface area (TPSA) is 104 Å². The van der Waals surface area contributed by atoms with Crippen molar-refractivity contribution in [1.29, 1.82) is 0 Å². The summed E-state index contributed by atoms with van der Waals surface area (Å²) in [7, 11) is 0. The van der Waals surface area contributed by atoms with Gasteiger partial charge < -0.3 is 24.9 Å². The third kappa shape index (κ3) is 3.63. The van der Waals surface area contributed by atoms with Crippen LogP contribution in [0.15, 0.2) is 30.3 Å². The number of hydrogen-bond acceptors (Lipinski definition) is 6. The number of aldehydes is 1. The Morgan fingerprint density at radius 3 is 2.39 bits per heavy atom. The molecular formula is C12H14O6. The normalized spacial score (nSPS) is 15.5. The van der Waals surface area contributed by atoms with E-state index in [0.717, 1.165) is 0 Å². The van der Waals surface area contributed by atoms with Gasteiger partial charge in [0.25, 0.3) is 0 Å². The van der Waals surface area contributed by atoms with E-state index in [4.69, 9.17) is 9.84 Å². The van der Waals surface area contributed by atoms with Gasteiger partial charge in [0, 0.05) is 0 Å². The fourth-order valence-corrected chi connectivity index (χ4v) is 1.32. The summed E-state index contributed by atoms with van der Waals surface area (Å²) in [6.07, 6.45) is -4.60. The van der Waals surface area contributed by atoms with Gasteiger partial charge in [-0.2, -0.15) is 0 Å². The Morgan fingerprint density at radius 2 is 1.89 bits per heavy atom. The Hall–Kier alpha value is -1.76. The van der Waals surface area contributed by atoms with Crippen LogP contribution in [0.2, 0.25) is 0 Å². The molecule has 1 aromatic rings. The van der Waals surface area contributed by atoms with Crippen LogP contribution in [0.1, 0.15) is 10.4 Å². The van der Waals surface area contributed by atoms with Crippen LogP contribution in [0.4, 0.5) is 0 Å². The molecule has 3 N–H and O–H groups in total. The van der Waals surface area contributed by atoms with Crippen LogP contribution in [0.3, 0.4) is 0 Å². The molecule has 1 rings (SSSR count). The molecule has 0 aliphatic heterocycles. The van der Waals surface area contributed by atoms with Gasteiger partial charge in [0.15, 0.2) is 12.4 Å². The van der Waals surface area contributed by atoms with Crippen molar-refractivity contribution in [3.05, 3.63) is 35.9 Å². The molecule has 3 unspecified atom stereocenters. The first-order chi connectivity index (χ1) is 8.60. The van der Waals surface area contributed by atoms with Gasteiger partial charge in [-0.15, -0.1) is 0 Å². The quantitative estimate of drug-likeness (QED) is 0.450. The lowest BCUT2D eigenvalue weighted by Gasteiger charge is -2.23. The van der Waals surface area contributed by atoms with Crippen LogP contribution in [0.5, 0.6) is 0 Å². The zero-order valence-corrected chi connectivity index (χ0v) is 9.47. The van der Waals surface area contributed by atoms with E-state index in [1.807, 2.05) is 0 Å². The van der Waals surface area contributed by atoms with Crippen molar-refractivity contribution >= 4 is 12.3 Å². The largest absolute Gasteiger partial charge is 0.453 e. The third-order valence-corrected chi connectivity index (χ3v) is 2.29. The minimum absolute atomic E-state index is 0.127. The molecule has 0 aliphatic rings. The predicted molar refractivity (Wildman–Crippen MR) is 60.8 cm³/mol. The second-order valence-electron chi connectivity index (χ2n) is 3.61. The van der Waals surface area contributed by atoms with E-state index in [1.54, 1.807) is 18.2 Å². The minimum atomic E-state index is -1.69. The molecule has 18 heavy (non-hydrogen) atoms. The smallest absolute Gasteiger partial charge is 0.338 e. The van der Waals surface area contributed by atoms with E-state index in [0.29, 0.717) is 0 Å². The molecule has 3 atom stereocenters. The molecule has 0 heterocycles. The summed E-state index contributed by atoms with van der Waals surface area (Å²) in [5.41, 5.74) is 0.214. The minimum Gasteiger partial charge on any atom is -0.453 e. The lowest BCUT2D eigenvalue weighted by atomic mass is 10.1. The third-order valence-electron chi connectivity index (χ3n) is 2.29. The summed E-state index contributed by atoms with van der Waals surface area (Å²) in [5.74, 6) is -0.797. The monoisotopic (exact) mass is 254 g/mol. The number of carbonyl (C=O) groups is 2. The summed E-state index contributed by atoms with van der Waals surface area (Å²) < 4.78 is 4.81. The van der Waals surface area contributed by atoms with Gasteiger partial charge in [-0.1, -0.05) is 18.2 Å². The maximum atomic E-state index is 11.7. The van der Waals surface area contributed by atoms with Crippen LogP contribution in [-0.2, 0) is 9.53 Å². The van der Waals surface area contributed by atoms with Crippen LogP contribution >= 0.6 is 0 Å². The lowest BCUT2D eigenvalue weighted by molar-refractivity contribution is -0.129. The molecule has 1 aromatic carbocycles. The zero-order chi connectivity index (χ0) is 13.5. The van der Waals surface area contributed by atoms with Crippen molar-refractivity contribution in [3.63, 3.8) is 0 Å². The fourth-order valence-electron chi connectivity index (χ4n) is 1.32. The molecule has 0 aromatic heterocycles. The molecule has 0 saturated carbocycles. The van der Waals surface area contributed by atoms with Crippen molar-refractivity contribution in [1.82, 2.24) is 0 Å². The average Bonchev–Trinajstić information content (AvgIpc) is 2.43. The lowest BCUT2D eigenvalue weighted by Crippen LogP contribution is -2.43. The summed E-state index contributed by atoms with van der Waals surface area (Å²) in [6.45, 7) is -0.738. The molecule has 0 aliphatic carbocycles. The number of aliphatic hydroxyl groups excluding tert-OH is 3. The van der Waals surface area contributed by atoms with E-state index in [2.05, 4.69) is 0 Å². The van der Waals surface area contributed by atoms with E-state index in [1.165, 1.54) is 12.1 Å². The Morgan fingerprint density at radius 1 is 1.28 bits per heavy atom. The number of hydrogen-bond donors (Lipinski definition) is 3. The summed E-state index contributed by atoms with van der Waals surface area (Å²) in [5, 5.41) is 27.4. The molecule has 0 spiro atoms. The van der Waals surface area contributed by atoms with Gasteiger partial charge in [0.1, 0.15) is 12.2 Å². The highest BCUT2D eigenvalue weighted by Gasteiger charge is 2.30. The molecule has 6 nitrogen and oxygen atoms in total. The standard InChI is InChI=1S/C12H14O6/c13-6-9(15)11(10(16)7-14)18-12(17)8-4-2-1-3-5-8/h1-6,9-11,14-16H,7H2.